The third-order valence-electron chi connectivity index (χ3n) is 4.58. The molecule has 3 rings (SSSR count). The van der Waals surface area contributed by atoms with E-state index in [4.69, 9.17) is 0 Å². The van der Waals surface area contributed by atoms with Gasteiger partial charge in [0.1, 0.15) is 5.56 Å². The highest BCUT2D eigenvalue weighted by atomic mass is 35.5. The Labute approximate surface area is 165 Å². The van der Waals surface area contributed by atoms with Crippen molar-refractivity contribution < 1.29 is 4.79 Å². The van der Waals surface area contributed by atoms with Crippen molar-refractivity contribution in [2.24, 2.45) is 0 Å². The van der Waals surface area contributed by atoms with Gasteiger partial charge >= 0.3 is 0 Å². The van der Waals surface area contributed by atoms with E-state index in [9.17, 15) is 9.59 Å². The molecular weight excluding hydrogens is 360 g/mol. The fourth-order valence-electron chi connectivity index (χ4n) is 3.10. The number of rotatable bonds is 4. The van der Waals surface area contributed by atoms with E-state index < -0.39 is 0 Å². The van der Waals surface area contributed by atoms with Crippen LogP contribution in [0.1, 0.15) is 32.9 Å². The van der Waals surface area contributed by atoms with Crippen LogP contribution in [0.15, 0.2) is 65.5 Å². The van der Waals surface area contributed by atoms with Crippen LogP contribution in [-0.4, -0.2) is 10.5 Å². The molecule has 4 nitrogen and oxygen atoms in total. The van der Waals surface area contributed by atoms with Crippen molar-refractivity contribution in [3.8, 4) is 0 Å². The van der Waals surface area contributed by atoms with Crippen LogP contribution in [0, 0.1) is 20.8 Å². The summed E-state index contributed by atoms with van der Waals surface area (Å²) in [5.41, 5.74) is 4.23. The molecule has 1 N–H and O–H groups in total. The molecule has 2 aromatic carbocycles. The highest BCUT2D eigenvalue weighted by Gasteiger charge is 2.18. The molecule has 0 aliphatic heterocycles. The van der Waals surface area contributed by atoms with Crippen molar-refractivity contribution in [2.75, 3.05) is 5.32 Å². The maximum Gasteiger partial charge on any atom is 0.261 e. The molecule has 0 fully saturated rings. The Bertz CT molecular complexity index is 1010. The highest BCUT2D eigenvalue weighted by molar-refractivity contribution is 6.05. The van der Waals surface area contributed by atoms with Gasteiger partial charge in [-0.2, -0.15) is 0 Å². The number of hydrogen-bond acceptors (Lipinski definition) is 2. The van der Waals surface area contributed by atoms with E-state index in [0.29, 0.717) is 17.9 Å². The van der Waals surface area contributed by atoms with Gasteiger partial charge in [-0.15, -0.1) is 12.4 Å². The molecule has 140 valence electrons. The molecule has 0 spiro atoms. The predicted molar refractivity (Wildman–Crippen MR) is 112 cm³/mol. The number of nitrogens with one attached hydrogen (secondary N) is 1. The third-order valence-corrected chi connectivity index (χ3v) is 4.58. The van der Waals surface area contributed by atoms with E-state index >= 15 is 0 Å². The van der Waals surface area contributed by atoms with E-state index in [0.717, 1.165) is 16.8 Å². The lowest BCUT2D eigenvalue weighted by Gasteiger charge is -2.18. The van der Waals surface area contributed by atoms with Crippen molar-refractivity contribution >= 4 is 24.0 Å². The Balaban J connectivity index is 0.00000261. The Kier molecular flexibility index (Phi) is 6.59. The Morgan fingerprint density at radius 1 is 0.963 bits per heavy atom. The normalized spacial score (nSPS) is 10.2. The second-order valence-electron chi connectivity index (χ2n) is 6.45. The maximum absolute atomic E-state index is 12.8. The molecule has 1 aromatic heterocycles. The molecule has 3 aromatic rings. The topological polar surface area (TPSA) is 51.1 Å². The van der Waals surface area contributed by atoms with E-state index in [1.807, 2.05) is 79.9 Å². The smallest absolute Gasteiger partial charge is 0.261 e. The van der Waals surface area contributed by atoms with E-state index in [1.165, 1.54) is 6.07 Å². The summed E-state index contributed by atoms with van der Waals surface area (Å²) in [6.07, 6.45) is 0. The monoisotopic (exact) mass is 382 g/mol. The van der Waals surface area contributed by atoms with Crippen molar-refractivity contribution in [3.05, 3.63) is 99.0 Å². The lowest BCUT2D eigenvalue weighted by molar-refractivity contribution is 0.102. The minimum atomic E-state index is -0.372. The number of nitrogens with zero attached hydrogens (tertiary/aromatic N) is 1. The number of aryl methyl sites for hydroxylation is 2. The summed E-state index contributed by atoms with van der Waals surface area (Å²) in [5.74, 6) is -0.372. The molecule has 0 atom stereocenters. The first-order valence-corrected chi connectivity index (χ1v) is 8.59. The molecule has 0 aliphatic rings. The quantitative estimate of drug-likeness (QED) is 0.722. The first-order chi connectivity index (χ1) is 12.5. The minimum Gasteiger partial charge on any atom is -0.344 e. The lowest BCUT2D eigenvalue weighted by atomic mass is 10.1. The van der Waals surface area contributed by atoms with Gasteiger partial charge in [-0.3, -0.25) is 9.59 Å². The fraction of sp³-hybridized carbons (Fsp3) is 0.182. The summed E-state index contributed by atoms with van der Waals surface area (Å²) >= 11 is 0. The van der Waals surface area contributed by atoms with Crippen molar-refractivity contribution in [2.45, 2.75) is 27.3 Å². The zero-order valence-electron chi connectivity index (χ0n) is 15.7. The number of carbonyl (C=O) groups excluding carboxylic acids is 1. The molecule has 0 aliphatic carbocycles. The average molecular weight is 383 g/mol. The number of anilines is 1. The molecule has 0 saturated carbocycles. The number of hydrogen-bond donors (Lipinski definition) is 1. The van der Waals surface area contributed by atoms with Crippen LogP contribution in [0.4, 0.5) is 5.69 Å². The number of benzene rings is 2. The number of para-hydroxylation sites is 1. The zero-order valence-corrected chi connectivity index (χ0v) is 16.5. The standard InChI is InChI=1S/C22H22N2O2.ClH/c1-15-9-7-8-12-19(15)23-22(26)21-17(3)24(16(2)13-20(21)25)14-18-10-5-4-6-11-18;/h4-13H,14H2,1-3H3,(H,23,26);1H. The molecule has 1 amide bonds. The molecule has 1 heterocycles. The van der Waals surface area contributed by atoms with Crippen LogP contribution < -0.4 is 10.7 Å². The molecule has 27 heavy (non-hydrogen) atoms. The van der Waals surface area contributed by atoms with Gasteiger partial charge in [-0.1, -0.05) is 48.5 Å². The number of aromatic nitrogens is 1. The average Bonchev–Trinajstić information content (AvgIpc) is 2.61. The molecule has 0 unspecified atom stereocenters. The number of halogens is 1. The largest absolute Gasteiger partial charge is 0.344 e. The van der Waals surface area contributed by atoms with E-state index in [2.05, 4.69) is 5.32 Å². The van der Waals surface area contributed by atoms with Crippen LogP contribution in [-0.2, 0) is 6.54 Å². The minimum absolute atomic E-state index is 0. The van der Waals surface area contributed by atoms with Gasteiger partial charge in [0.05, 0.1) is 0 Å². The number of carbonyl (C=O) groups is 1. The molecule has 0 bridgehead atoms. The van der Waals surface area contributed by atoms with Crippen LogP contribution in [0.25, 0.3) is 0 Å². The predicted octanol–water partition coefficient (Wildman–Crippen LogP) is 4.50. The molecule has 0 saturated heterocycles. The van der Waals surface area contributed by atoms with E-state index in [-0.39, 0.29) is 29.3 Å². The van der Waals surface area contributed by atoms with Gasteiger partial charge < -0.3 is 9.88 Å². The van der Waals surface area contributed by atoms with Gasteiger partial charge in [-0.05, 0) is 38.0 Å². The summed E-state index contributed by atoms with van der Waals surface area (Å²) in [4.78, 5) is 25.3. The van der Waals surface area contributed by atoms with Crippen molar-refractivity contribution in [1.29, 1.82) is 0 Å². The summed E-state index contributed by atoms with van der Waals surface area (Å²) in [6.45, 7) is 6.25. The molecule has 5 heteroatoms. The first-order valence-electron chi connectivity index (χ1n) is 8.59. The van der Waals surface area contributed by atoms with Crippen molar-refractivity contribution in [3.63, 3.8) is 0 Å². The van der Waals surface area contributed by atoms with Crippen LogP contribution >= 0.6 is 12.4 Å². The maximum atomic E-state index is 12.8. The number of amides is 1. The summed E-state index contributed by atoms with van der Waals surface area (Å²) < 4.78 is 2.00. The van der Waals surface area contributed by atoms with Crippen molar-refractivity contribution in [1.82, 2.24) is 4.57 Å². The SMILES string of the molecule is Cc1ccccc1NC(=O)c1c(C)n(Cc2ccccc2)c(C)cc1=O.Cl. The molecular formula is C22H23ClN2O2. The second kappa shape index (κ2) is 8.69. The Hall–Kier alpha value is -2.85. The van der Waals surface area contributed by atoms with Gasteiger partial charge in [0.15, 0.2) is 5.43 Å². The van der Waals surface area contributed by atoms with Gasteiger partial charge in [0, 0.05) is 29.7 Å². The summed E-state index contributed by atoms with van der Waals surface area (Å²) in [6, 6.07) is 19.0. The summed E-state index contributed by atoms with van der Waals surface area (Å²) in [7, 11) is 0. The van der Waals surface area contributed by atoms with Gasteiger partial charge in [0.2, 0.25) is 0 Å². The Morgan fingerprint density at radius 2 is 1.59 bits per heavy atom. The first kappa shape index (κ1) is 20.5. The Morgan fingerprint density at radius 3 is 2.26 bits per heavy atom. The fourth-order valence-corrected chi connectivity index (χ4v) is 3.10. The summed E-state index contributed by atoms with van der Waals surface area (Å²) in [5, 5.41) is 2.87. The highest BCUT2D eigenvalue weighted by Crippen LogP contribution is 2.16. The zero-order chi connectivity index (χ0) is 18.7. The van der Waals surface area contributed by atoms with Crippen LogP contribution in [0.3, 0.4) is 0 Å². The van der Waals surface area contributed by atoms with Gasteiger partial charge in [0.25, 0.3) is 5.91 Å². The lowest BCUT2D eigenvalue weighted by Crippen LogP contribution is -2.27. The number of pyridine rings is 1. The van der Waals surface area contributed by atoms with Crippen LogP contribution in [0.5, 0.6) is 0 Å². The second-order valence-corrected chi connectivity index (χ2v) is 6.45. The molecule has 0 radical (unpaired) electrons. The van der Waals surface area contributed by atoms with Gasteiger partial charge in [-0.25, -0.2) is 0 Å². The van der Waals surface area contributed by atoms with Crippen LogP contribution in [0.2, 0.25) is 0 Å². The van der Waals surface area contributed by atoms with E-state index in [1.54, 1.807) is 0 Å². The third kappa shape index (κ3) is 4.47.